The highest BCUT2D eigenvalue weighted by molar-refractivity contribution is 5.96. The number of amides is 2. The lowest BCUT2D eigenvalue weighted by Crippen LogP contribution is -2.37. The monoisotopic (exact) mass is 272 g/mol. The summed E-state index contributed by atoms with van der Waals surface area (Å²) >= 11 is 0. The second-order valence-corrected chi connectivity index (χ2v) is 5.19. The number of hydrogen-bond acceptors (Lipinski definition) is 2. The molecule has 0 saturated heterocycles. The minimum absolute atomic E-state index is 0.0315. The molecule has 0 unspecified atom stereocenters. The number of benzene rings is 1. The summed E-state index contributed by atoms with van der Waals surface area (Å²) < 4.78 is 0. The summed E-state index contributed by atoms with van der Waals surface area (Å²) in [5.74, 6) is -0.0208. The molecule has 1 aromatic rings. The zero-order valence-corrected chi connectivity index (χ0v) is 12.2. The van der Waals surface area contributed by atoms with Crippen LogP contribution in [0.15, 0.2) is 29.8 Å². The lowest BCUT2D eigenvalue weighted by Gasteiger charge is -2.26. The summed E-state index contributed by atoms with van der Waals surface area (Å²) in [7, 11) is 1.62. The molecule has 106 valence electrons. The van der Waals surface area contributed by atoms with Crippen LogP contribution < -0.4 is 5.32 Å². The average Bonchev–Trinajstić information content (AvgIpc) is 2.45. The van der Waals surface area contributed by atoms with Gasteiger partial charge in [0.05, 0.1) is 0 Å². The Balaban J connectivity index is 2.12. The van der Waals surface area contributed by atoms with E-state index in [4.69, 9.17) is 0 Å². The molecule has 0 fully saturated rings. The van der Waals surface area contributed by atoms with Crippen molar-refractivity contribution in [1.82, 2.24) is 10.2 Å². The molecule has 0 atom stereocenters. The SMILES string of the molecule is CNC(=O)C1=CCN(C(=O)c2cc(C)cc(C)c2)CC1. The average molecular weight is 272 g/mol. The van der Waals surface area contributed by atoms with Gasteiger partial charge in [-0.15, -0.1) is 0 Å². The van der Waals surface area contributed by atoms with E-state index in [2.05, 4.69) is 11.4 Å². The van der Waals surface area contributed by atoms with Gasteiger partial charge < -0.3 is 10.2 Å². The molecular weight excluding hydrogens is 252 g/mol. The molecule has 2 rings (SSSR count). The topological polar surface area (TPSA) is 49.4 Å². The van der Waals surface area contributed by atoms with Crippen molar-refractivity contribution in [2.24, 2.45) is 0 Å². The molecule has 1 aliphatic rings. The van der Waals surface area contributed by atoms with Crippen molar-refractivity contribution in [1.29, 1.82) is 0 Å². The molecule has 2 amide bonds. The molecule has 1 heterocycles. The molecule has 0 bridgehead atoms. The molecule has 1 aromatic carbocycles. The number of hydrogen-bond donors (Lipinski definition) is 1. The Hall–Kier alpha value is -2.10. The zero-order valence-electron chi connectivity index (χ0n) is 12.2. The van der Waals surface area contributed by atoms with Crippen LogP contribution in [-0.2, 0) is 4.79 Å². The molecule has 4 nitrogen and oxygen atoms in total. The first-order chi connectivity index (χ1) is 9.51. The summed E-state index contributed by atoms with van der Waals surface area (Å²) in [5, 5.41) is 2.61. The van der Waals surface area contributed by atoms with Crippen molar-refractivity contribution < 1.29 is 9.59 Å². The Bertz CT molecular complexity index is 556. The van der Waals surface area contributed by atoms with Crippen molar-refractivity contribution in [2.75, 3.05) is 20.1 Å². The van der Waals surface area contributed by atoms with E-state index in [-0.39, 0.29) is 11.8 Å². The van der Waals surface area contributed by atoms with Gasteiger partial charge in [0.15, 0.2) is 0 Å². The van der Waals surface area contributed by atoms with Crippen molar-refractivity contribution in [3.8, 4) is 0 Å². The standard InChI is InChI=1S/C16H20N2O2/c1-11-8-12(2)10-14(9-11)16(20)18-6-4-13(5-7-18)15(19)17-3/h4,8-10H,5-7H2,1-3H3,(H,17,19). The van der Waals surface area contributed by atoms with Crippen LogP contribution >= 0.6 is 0 Å². The van der Waals surface area contributed by atoms with Gasteiger partial charge in [0.1, 0.15) is 0 Å². The van der Waals surface area contributed by atoms with Crippen molar-refractivity contribution in [3.63, 3.8) is 0 Å². The summed E-state index contributed by atoms with van der Waals surface area (Å²) in [6.45, 7) is 5.06. The molecule has 1 aliphatic heterocycles. The van der Waals surface area contributed by atoms with E-state index in [9.17, 15) is 9.59 Å². The Labute approximate surface area is 119 Å². The molecule has 1 N–H and O–H groups in total. The second-order valence-electron chi connectivity index (χ2n) is 5.19. The summed E-state index contributed by atoms with van der Waals surface area (Å²) in [5.41, 5.74) is 3.66. The first-order valence-corrected chi connectivity index (χ1v) is 6.80. The first-order valence-electron chi connectivity index (χ1n) is 6.80. The van der Waals surface area contributed by atoms with Crippen LogP contribution in [0.25, 0.3) is 0 Å². The smallest absolute Gasteiger partial charge is 0.254 e. The number of rotatable bonds is 2. The van der Waals surface area contributed by atoms with Gasteiger partial charge in [-0.3, -0.25) is 9.59 Å². The largest absolute Gasteiger partial charge is 0.355 e. The Kier molecular flexibility index (Phi) is 4.23. The summed E-state index contributed by atoms with van der Waals surface area (Å²) in [6, 6.07) is 5.87. The van der Waals surface area contributed by atoms with Crippen molar-refractivity contribution in [3.05, 3.63) is 46.5 Å². The van der Waals surface area contributed by atoms with E-state index in [1.54, 1.807) is 11.9 Å². The number of carbonyl (C=O) groups is 2. The number of nitrogens with zero attached hydrogens (tertiary/aromatic N) is 1. The Morgan fingerprint density at radius 1 is 1.15 bits per heavy atom. The molecule has 0 radical (unpaired) electrons. The van der Waals surface area contributed by atoms with Gasteiger partial charge >= 0.3 is 0 Å². The van der Waals surface area contributed by atoms with Crippen LogP contribution in [-0.4, -0.2) is 36.9 Å². The maximum atomic E-state index is 12.4. The fourth-order valence-electron chi connectivity index (χ4n) is 2.50. The predicted molar refractivity (Wildman–Crippen MR) is 78.6 cm³/mol. The highest BCUT2D eigenvalue weighted by atomic mass is 16.2. The van der Waals surface area contributed by atoms with E-state index in [1.807, 2.05) is 32.1 Å². The van der Waals surface area contributed by atoms with Gasteiger partial charge in [0.25, 0.3) is 5.91 Å². The number of nitrogens with one attached hydrogen (secondary N) is 1. The second kappa shape index (κ2) is 5.90. The number of likely N-dealkylation sites (N-methyl/N-ethyl adjacent to an activating group) is 1. The molecule has 0 aliphatic carbocycles. The summed E-state index contributed by atoms with van der Waals surface area (Å²) in [6.07, 6.45) is 2.44. The van der Waals surface area contributed by atoms with Gasteiger partial charge in [-0.2, -0.15) is 0 Å². The fourth-order valence-corrected chi connectivity index (χ4v) is 2.50. The lowest BCUT2D eigenvalue weighted by molar-refractivity contribution is -0.117. The quantitative estimate of drug-likeness (QED) is 0.893. The molecule has 0 spiro atoms. The minimum atomic E-state index is -0.0523. The minimum Gasteiger partial charge on any atom is -0.355 e. The fraction of sp³-hybridized carbons (Fsp3) is 0.375. The van der Waals surface area contributed by atoms with Gasteiger partial charge in [-0.1, -0.05) is 23.3 Å². The molecule has 4 heteroatoms. The van der Waals surface area contributed by atoms with Crippen molar-refractivity contribution in [2.45, 2.75) is 20.3 Å². The summed E-state index contributed by atoms with van der Waals surface area (Å²) in [4.78, 5) is 25.7. The van der Waals surface area contributed by atoms with Crippen LogP contribution in [0.4, 0.5) is 0 Å². The molecule has 0 saturated carbocycles. The molecular formula is C16H20N2O2. The molecule has 20 heavy (non-hydrogen) atoms. The third-order valence-electron chi connectivity index (χ3n) is 3.48. The number of aryl methyl sites for hydroxylation is 2. The third-order valence-corrected chi connectivity index (χ3v) is 3.48. The van der Waals surface area contributed by atoms with E-state index in [0.29, 0.717) is 19.5 Å². The van der Waals surface area contributed by atoms with E-state index in [0.717, 1.165) is 22.3 Å². The maximum absolute atomic E-state index is 12.4. The maximum Gasteiger partial charge on any atom is 0.254 e. The van der Waals surface area contributed by atoms with Crippen molar-refractivity contribution >= 4 is 11.8 Å². The van der Waals surface area contributed by atoms with Crippen LogP contribution in [0.3, 0.4) is 0 Å². The van der Waals surface area contributed by atoms with Crippen LogP contribution in [0.2, 0.25) is 0 Å². The van der Waals surface area contributed by atoms with Crippen LogP contribution in [0.1, 0.15) is 27.9 Å². The lowest BCUT2D eigenvalue weighted by atomic mass is 10.0. The zero-order chi connectivity index (χ0) is 14.7. The van der Waals surface area contributed by atoms with Gasteiger partial charge in [0, 0.05) is 31.3 Å². The molecule has 0 aromatic heterocycles. The highest BCUT2D eigenvalue weighted by Gasteiger charge is 2.21. The van der Waals surface area contributed by atoms with Gasteiger partial charge in [-0.25, -0.2) is 0 Å². The van der Waals surface area contributed by atoms with E-state index >= 15 is 0 Å². The van der Waals surface area contributed by atoms with E-state index in [1.165, 1.54) is 0 Å². The van der Waals surface area contributed by atoms with Gasteiger partial charge in [0.2, 0.25) is 5.91 Å². The Morgan fingerprint density at radius 2 is 1.80 bits per heavy atom. The normalized spacial score (nSPS) is 14.8. The first kappa shape index (κ1) is 14.3. The van der Waals surface area contributed by atoms with Gasteiger partial charge in [-0.05, 0) is 32.4 Å². The number of carbonyl (C=O) groups excluding carboxylic acids is 2. The predicted octanol–water partition coefficient (Wildman–Crippen LogP) is 1.82. The van der Waals surface area contributed by atoms with E-state index < -0.39 is 0 Å². The highest BCUT2D eigenvalue weighted by Crippen LogP contribution is 2.16. The van der Waals surface area contributed by atoms with Crippen LogP contribution in [0.5, 0.6) is 0 Å². The third kappa shape index (κ3) is 3.07. The van der Waals surface area contributed by atoms with Crippen LogP contribution in [0, 0.1) is 13.8 Å². The Morgan fingerprint density at radius 3 is 2.30 bits per heavy atom.